The second-order valence-electron chi connectivity index (χ2n) is 5.64. The Kier molecular flexibility index (Phi) is 3.28. The SMILES string of the molecule is Cn1nc(Cl)c(O)c(-c2c3ccccc3cc3ccccc23)c1=O. The van der Waals surface area contributed by atoms with Gasteiger partial charge in [-0.15, -0.1) is 0 Å². The summed E-state index contributed by atoms with van der Waals surface area (Å²) in [4.78, 5) is 12.7. The Morgan fingerprint density at radius 2 is 1.50 bits per heavy atom. The molecule has 4 rings (SSSR count). The van der Waals surface area contributed by atoms with Crippen LogP contribution in [0.2, 0.25) is 5.15 Å². The van der Waals surface area contributed by atoms with Gasteiger partial charge in [-0.05, 0) is 27.6 Å². The average Bonchev–Trinajstić information content (AvgIpc) is 2.59. The van der Waals surface area contributed by atoms with Crippen molar-refractivity contribution in [2.45, 2.75) is 0 Å². The van der Waals surface area contributed by atoms with Crippen LogP contribution in [0.1, 0.15) is 0 Å². The summed E-state index contributed by atoms with van der Waals surface area (Å²) < 4.78 is 1.15. The lowest BCUT2D eigenvalue weighted by molar-refractivity contribution is 0.467. The predicted octanol–water partition coefficient (Wildman–Crippen LogP) is 4.11. The predicted molar refractivity (Wildman–Crippen MR) is 96.6 cm³/mol. The number of aryl methyl sites for hydroxylation is 1. The summed E-state index contributed by atoms with van der Waals surface area (Å²) >= 11 is 6.02. The van der Waals surface area contributed by atoms with Crippen LogP contribution in [0.3, 0.4) is 0 Å². The van der Waals surface area contributed by atoms with Crippen molar-refractivity contribution in [3.63, 3.8) is 0 Å². The molecule has 0 aliphatic heterocycles. The van der Waals surface area contributed by atoms with E-state index < -0.39 is 5.56 Å². The summed E-state index contributed by atoms with van der Waals surface area (Å²) in [7, 11) is 1.52. The van der Waals surface area contributed by atoms with Gasteiger partial charge in [-0.1, -0.05) is 60.1 Å². The maximum Gasteiger partial charge on any atom is 0.278 e. The fourth-order valence-electron chi connectivity index (χ4n) is 3.10. The van der Waals surface area contributed by atoms with E-state index in [9.17, 15) is 9.90 Å². The molecule has 0 amide bonds. The Morgan fingerprint density at radius 1 is 0.958 bits per heavy atom. The van der Waals surface area contributed by atoms with Crippen molar-refractivity contribution in [1.82, 2.24) is 9.78 Å². The summed E-state index contributed by atoms with van der Waals surface area (Å²) in [5.74, 6) is -0.290. The molecule has 24 heavy (non-hydrogen) atoms. The van der Waals surface area contributed by atoms with Crippen LogP contribution in [0.5, 0.6) is 5.75 Å². The number of aromatic hydroxyl groups is 1. The first-order chi connectivity index (χ1) is 11.6. The molecule has 118 valence electrons. The largest absolute Gasteiger partial charge is 0.504 e. The van der Waals surface area contributed by atoms with Crippen molar-refractivity contribution in [3.05, 3.63) is 70.1 Å². The Labute approximate surface area is 142 Å². The molecule has 4 aromatic rings. The van der Waals surface area contributed by atoms with Gasteiger partial charge in [0.2, 0.25) is 0 Å². The van der Waals surface area contributed by atoms with Gasteiger partial charge in [-0.3, -0.25) is 4.79 Å². The van der Waals surface area contributed by atoms with Crippen molar-refractivity contribution in [2.75, 3.05) is 0 Å². The first-order valence-electron chi connectivity index (χ1n) is 7.44. The van der Waals surface area contributed by atoms with Crippen molar-refractivity contribution in [2.24, 2.45) is 7.05 Å². The normalized spacial score (nSPS) is 11.2. The molecule has 0 aliphatic rings. The molecule has 4 nitrogen and oxygen atoms in total. The van der Waals surface area contributed by atoms with Crippen LogP contribution in [0.15, 0.2) is 59.4 Å². The van der Waals surface area contributed by atoms with E-state index in [0.29, 0.717) is 5.56 Å². The monoisotopic (exact) mass is 336 g/mol. The lowest BCUT2D eigenvalue weighted by atomic mass is 9.92. The van der Waals surface area contributed by atoms with E-state index in [1.165, 1.54) is 7.05 Å². The van der Waals surface area contributed by atoms with Gasteiger partial charge in [0.1, 0.15) is 0 Å². The highest BCUT2D eigenvalue weighted by molar-refractivity contribution is 6.31. The minimum Gasteiger partial charge on any atom is -0.504 e. The fraction of sp³-hybridized carbons (Fsp3) is 0.0526. The molecule has 0 bridgehead atoms. The molecular weight excluding hydrogens is 324 g/mol. The van der Waals surface area contributed by atoms with Gasteiger partial charge in [-0.25, -0.2) is 4.68 Å². The Morgan fingerprint density at radius 3 is 2.08 bits per heavy atom. The number of fused-ring (bicyclic) bond motifs is 2. The van der Waals surface area contributed by atoms with Crippen LogP contribution in [-0.4, -0.2) is 14.9 Å². The van der Waals surface area contributed by atoms with Crippen LogP contribution in [-0.2, 0) is 7.05 Å². The number of halogens is 1. The molecule has 1 N–H and O–H groups in total. The highest BCUT2D eigenvalue weighted by Crippen LogP contribution is 2.39. The van der Waals surface area contributed by atoms with Gasteiger partial charge in [0.15, 0.2) is 10.9 Å². The Balaban J connectivity index is 2.31. The number of rotatable bonds is 1. The second-order valence-corrected chi connectivity index (χ2v) is 6.00. The minimum atomic E-state index is -0.390. The van der Waals surface area contributed by atoms with E-state index in [2.05, 4.69) is 11.2 Å². The van der Waals surface area contributed by atoms with Crippen molar-refractivity contribution in [3.8, 4) is 16.9 Å². The average molecular weight is 337 g/mol. The van der Waals surface area contributed by atoms with Gasteiger partial charge < -0.3 is 5.11 Å². The molecule has 3 aromatic carbocycles. The topological polar surface area (TPSA) is 55.1 Å². The molecule has 0 atom stereocenters. The summed E-state index contributed by atoms with van der Waals surface area (Å²) in [6.07, 6.45) is 0. The van der Waals surface area contributed by atoms with Crippen LogP contribution in [0.4, 0.5) is 0 Å². The van der Waals surface area contributed by atoms with Crippen molar-refractivity contribution < 1.29 is 5.11 Å². The van der Waals surface area contributed by atoms with Gasteiger partial charge in [0.05, 0.1) is 5.56 Å². The summed E-state index contributed by atoms with van der Waals surface area (Å²) in [5.41, 5.74) is 0.454. The third-order valence-electron chi connectivity index (χ3n) is 4.20. The molecular formula is C19H13ClN2O2. The van der Waals surface area contributed by atoms with E-state index in [-0.39, 0.29) is 16.5 Å². The quantitative estimate of drug-likeness (QED) is 0.532. The zero-order chi connectivity index (χ0) is 16.8. The lowest BCUT2D eigenvalue weighted by Crippen LogP contribution is -2.21. The van der Waals surface area contributed by atoms with Gasteiger partial charge in [-0.2, -0.15) is 5.10 Å². The van der Waals surface area contributed by atoms with Crippen molar-refractivity contribution >= 4 is 33.1 Å². The zero-order valence-electron chi connectivity index (χ0n) is 12.8. The first-order valence-corrected chi connectivity index (χ1v) is 7.82. The molecule has 0 spiro atoms. The summed E-state index contributed by atoms with van der Waals surface area (Å²) in [6, 6.07) is 17.6. The van der Waals surface area contributed by atoms with E-state index in [0.717, 1.165) is 26.2 Å². The van der Waals surface area contributed by atoms with Gasteiger partial charge >= 0.3 is 0 Å². The zero-order valence-corrected chi connectivity index (χ0v) is 13.6. The minimum absolute atomic E-state index is 0.0934. The van der Waals surface area contributed by atoms with Crippen molar-refractivity contribution in [1.29, 1.82) is 0 Å². The van der Waals surface area contributed by atoms with E-state index in [4.69, 9.17) is 11.6 Å². The maximum atomic E-state index is 12.7. The van der Waals surface area contributed by atoms with E-state index >= 15 is 0 Å². The Bertz CT molecular complexity index is 1110. The summed E-state index contributed by atoms with van der Waals surface area (Å²) in [5, 5.41) is 17.9. The maximum absolute atomic E-state index is 12.7. The van der Waals surface area contributed by atoms with Gasteiger partial charge in [0, 0.05) is 12.6 Å². The molecule has 0 aliphatic carbocycles. The van der Waals surface area contributed by atoms with E-state index in [1.807, 2.05) is 48.5 Å². The molecule has 0 unspecified atom stereocenters. The van der Waals surface area contributed by atoms with Crippen LogP contribution in [0, 0.1) is 0 Å². The highest BCUT2D eigenvalue weighted by atomic mass is 35.5. The van der Waals surface area contributed by atoms with Crippen LogP contribution < -0.4 is 5.56 Å². The standard InChI is InChI=1S/C19H13ClN2O2/c1-22-19(24)16(17(23)18(20)21-22)15-13-8-4-2-6-11(13)10-12-7-3-5-9-14(12)15/h2-10,23H,1H3. The number of aromatic nitrogens is 2. The number of nitrogens with zero attached hydrogens (tertiary/aromatic N) is 2. The first kappa shape index (κ1) is 14.7. The summed E-state index contributed by atoms with van der Waals surface area (Å²) in [6.45, 7) is 0. The van der Waals surface area contributed by atoms with Crippen LogP contribution >= 0.6 is 11.6 Å². The molecule has 1 aromatic heterocycles. The highest BCUT2D eigenvalue weighted by Gasteiger charge is 2.20. The van der Waals surface area contributed by atoms with Crippen LogP contribution in [0.25, 0.3) is 32.7 Å². The molecule has 0 saturated heterocycles. The lowest BCUT2D eigenvalue weighted by Gasteiger charge is -2.13. The van der Waals surface area contributed by atoms with Gasteiger partial charge in [0.25, 0.3) is 5.56 Å². The number of benzene rings is 3. The molecule has 0 fully saturated rings. The molecule has 0 radical (unpaired) electrons. The Hall–Kier alpha value is -2.85. The smallest absolute Gasteiger partial charge is 0.278 e. The molecule has 0 saturated carbocycles. The third kappa shape index (κ3) is 2.07. The fourth-order valence-corrected chi connectivity index (χ4v) is 3.31. The number of hydrogen-bond donors (Lipinski definition) is 1. The molecule has 5 heteroatoms. The second kappa shape index (κ2) is 5.35. The molecule has 1 heterocycles. The number of hydrogen-bond acceptors (Lipinski definition) is 3. The third-order valence-corrected chi connectivity index (χ3v) is 4.45. The van der Waals surface area contributed by atoms with E-state index in [1.54, 1.807) is 0 Å².